The summed E-state index contributed by atoms with van der Waals surface area (Å²) in [6.45, 7) is 3.21. The number of rotatable bonds is 3. The third-order valence-corrected chi connectivity index (χ3v) is 2.40. The van der Waals surface area contributed by atoms with Gasteiger partial charge < -0.3 is 10.3 Å². The fourth-order valence-corrected chi connectivity index (χ4v) is 1.58. The highest BCUT2D eigenvalue weighted by Gasteiger charge is 2.01. The van der Waals surface area contributed by atoms with E-state index in [1.807, 2.05) is 24.5 Å². The molecular weight excluding hydrogens is 174 g/mol. The molecule has 0 aliphatic rings. The molecule has 0 aliphatic carbocycles. The number of benzene rings is 1. The monoisotopic (exact) mass is 189 g/mol. The number of unbranched alkanes of at least 4 members (excludes halogenated alkanes) is 1. The van der Waals surface area contributed by atoms with Crippen molar-refractivity contribution in [3.8, 4) is 0 Å². The summed E-state index contributed by atoms with van der Waals surface area (Å²) in [5.74, 6) is 0. The molecule has 1 aromatic carbocycles. The lowest BCUT2D eigenvalue weighted by Crippen LogP contribution is -1.95. The van der Waals surface area contributed by atoms with Crippen LogP contribution in [0.25, 0.3) is 11.0 Å². The lowest BCUT2D eigenvalue weighted by molar-refractivity contribution is 0.646. The molecule has 3 heteroatoms. The minimum absolute atomic E-state index is 0.802. The van der Waals surface area contributed by atoms with Crippen LogP contribution in [0.2, 0.25) is 0 Å². The Hall–Kier alpha value is -1.51. The van der Waals surface area contributed by atoms with Crippen molar-refractivity contribution >= 4 is 16.7 Å². The summed E-state index contributed by atoms with van der Waals surface area (Å²) in [6.07, 6.45) is 4.27. The van der Waals surface area contributed by atoms with E-state index >= 15 is 0 Å². The maximum absolute atomic E-state index is 5.74. The summed E-state index contributed by atoms with van der Waals surface area (Å²) in [7, 11) is 0. The molecule has 2 rings (SSSR count). The molecule has 0 fully saturated rings. The first-order chi connectivity index (χ1) is 6.81. The van der Waals surface area contributed by atoms with Gasteiger partial charge in [-0.3, -0.25) is 0 Å². The van der Waals surface area contributed by atoms with Crippen molar-refractivity contribution in [1.29, 1.82) is 0 Å². The van der Waals surface area contributed by atoms with E-state index in [9.17, 15) is 0 Å². The van der Waals surface area contributed by atoms with Crippen LogP contribution < -0.4 is 5.73 Å². The second kappa shape index (κ2) is 3.70. The standard InChI is InChI=1S/C11H15N3/c1-2-3-6-14-8-13-10-5-4-9(12)7-11(10)14/h4-5,7-8H,2-3,6,12H2,1H3. The van der Waals surface area contributed by atoms with Crippen LogP contribution in [-0.2, 0) is 6.54 Å². The van der Waals surface area contributed by atoms with Crippen LogP contribution in [0.1, 0.15) is 19.8 Å². The van der Waals surface area contributed by atoms with Crippen LogP contribution >= 0.6 is 0 Å². The van der Waals surface area contributed by atoms with Crippen molar-refractivity contribution in [2.75, 3.05) is 5.73 Å². The van der Waals surface area contributed by atoms with Gasteiger partial charge in [0.1, 0.15) is 0 Å². The van der Waals surface area contributed by atoms with Gasteiger partial charge in [0.25, 0.3) is 0 Å². The summed E-state index contributed by atoms with van der Waals surface area (Å²) < 4.78 is 2.16. The lowest BCUT2D eigenvalue weighted by Gasteiger charge is -2.02. The average molecular weight is 189 g/mol. The minimum atomic E-state index is 0.802. The number of hydrogen-bond acceptors (Lipinski definition) is 2. The number of aromatic nitrogens is 2. The Bertz CT molecular complexity index is 431. The van der Waals surface area contributed by atoms with Gasteiger partial charge in [0, 0.05) is 12.2 Å². The number of nitrogens with zero attached hydrogens (tertiary/aromatic N) is 2. The molecule has 2 aromatic rings. The van der Waals surface area contributed by atoms with Gasteiger partial charge in [0.15, 0.2) is 0 Å². The highest BCUT2D eigenvalue weighted by molar-refractivity contribution is 5.78. The Morgan fingerprint density at radius 2 is 2.29 bits per heavy atom. The van der Waals surface area contributed by atoms with E-state index in [2.05, 4.69) is 16.5 Å². The fourth-order valence-electron chi connectivity index (χ4n) is 1.58. The zero-order valence-corrected chi connectivity index (χ0v) is 8.40. The molecule has 74 valence electrons. The zero-order valence-electron chi connectivity index (χ0n) is 8.40. The molecule has 0 bridgehead atoms. The largest absolute Gasteiger partial charge is 0.399 e. The van der Waals surface area contributed by atoms with Gasteiger partial charge in [-0.05, 0) is 24.6 Å². The first-order valence-electron chi connectivity index (χ1n) is 5.01. The van der Waals surface area contributed by atoms with E-state index in [0.717, 1.165) is 23.3 Å². The fraction of sp³-hybridized carbons (Fsp3) is 0.364. The van der Waals surface area contributed by atoms with Gasteiger partial charge in [-0.1, -0.05) is 13.3 Å². The van der Waals surface area contributed by atoms with Gasteiger partial charge in [0.05, 0.1) is 17.4 Å². The predicted molar refractivity (Wildman–Crippen MR) is 59.1 cm³/mol. The third kappa shape index (κ3) is 1.58. The molecule has 1 heterocycles. The summed E-state index contributed by atoms with van der Waals surface area (Å²) in [6, 6.07) is 5.84. The zero-order chi connectivity index (χ0) is 9.97. The van der Waals surface area contributed by atoms with Crippen LogP contribution in [-0.4, -0.2) is 9.55 Å². The number of fused-ring (bicyclic) bond motifs is 1. The predicted octanol–water partition coefficient (Wildman–Crippen LogP) is 2.42. The second-order valence-electron chi connectivity index (χ2n) is 3.54. The summed E-state index contributed by atoms with van der Waals surface area (Å²) >= 11 is 0. The number of imidazole rings is 1. The molecule has 2 N–H and O–H groups in total. The summed E-state index contributed by atoms with van der Waals surface area (Å²) in [5.41, 5.74) is 8.70. The molecule has 0 amide bonds. The number of anilines is 1. The topological polar surface area (TPSA) is 43.8 Å². The van der Waals surface area contributed by atoms with E-state index < -0.39 is 0 Å². The molecule has 0 saturated heterocycles. The quantitative estimate of drug-likeness (QED) is 0.753. The molecule has 0 aliphatic heterocycles. The van der Waals surface area contributed by atoms with Crippen LogP contribution in [0.15, 0.2) is 24.5 Å². The Kier molecular flexibility index (Phi) is 2.39. The van der Waals surface area contributed by atoms with Crippen molar-refractivity contribution < 1.29 is 0 Å². The Balaban J connectivity index is 2.40. The molecule has 0 unspecified atom stereocenters. The molecule has 0 spiro atoms. The average Bonchev–Trinajstić information content (AvgIpc) is 2.57. The smallest absolute Gasteiger partial charge is 0.0958 e. The second-order valence-corrected chi connectivity index (χ2v) is 3.54. The van der Waals surface area contributed by atoms with E-state index in [0.29, 0.717) is 0 Å². The van der Waals surface area contributed by atoms with Crippen LogP contribution in [0.3, 0.4) is 0 Å². The molecule has 3 nitrogen and oxygen atoms in total. The highest BCUT2D eigenvalue weighted by atomic mass is 15.0. The molecule has 0 saturated carbocycles. The van der Waals surface area contributed by atoms with Crippen molar-refractivity contribution in [3.05, 3.63) is 24.5 Å². The highest BCUT2D eigenvalue weighted by Crippen LogP contribution is 2.16. The van der Waals surface area contributed by atoms with E-state index in [-0.39, 0.29) is 0 Å². The van der Waals surface area contributed by atoms with Crippen LogP contribution in [0, 0.1) is 0 Å². The first kappa shape index (κ1) is 9.06. The van der Waals surface area contributed by atoms with Crippen molar-refractivity contribution in [1.82, 2.24) is 9.55 Å². The van der Waals surface area contributed by atoms with Crippen molar-refractivity contribution in [3.63, 3.8) is 0 Å². The van der Waals surface area contributed by atoms with E-state index in [4.69, 9.17) is 5.73 Å². The summed E-state index contributed by atoms with van der Waals surface area (Å²) in [4.78, 5) is 4.32. The number of nitrogen functional groups attached to an aromatic ring is 1. The van der Waals surface area contributed by atoms with Gasteiger partial charge in [0.2, 0.25) is 0 Å². The van der Waals surface area contributed by atoms with E-state index in [1.54, 1.807) is 0 Å². The van der Waals surface area contributed by atoms with Crippen LogP contribution in [0.5, 0.6) is 0 Å². The normalized spacial score (nSPS) is 10.9. The lowest BCUT2D eigenvalue weighted by atomic mass is 10.2. The SMILES string of the molecule is CCCCn1cnc2ccc(N)cc21. The van der Waals surface area contributed by atoms with Gasteiger partial charge in [-0.25, -0.2) is 4.98 Å². The number of aryl methyl sites for hydroxylation is 1. The maximum Gasteiger partial charge on any atom is 0.0958 e. The molecule has 14 heavy (non-hydrogen) atoms. The minimum Gasteiger partial charge on any atom is -0.399 e. The number of nitrogens with two attached hydrogens (primary N) is 1. The Morgan fingerprint density at radius 3 is 3.07 bits per heavy atom. The van der Waals surface area contributed by atoms with Gasteiger partial charge in [-0.2, -0.15) is 0 Å². The molecule has 1 aromatic heterocycles. The molecular formula is C11H15N3. The number of hydrogen-bond donors (Lipinski definition) is 1. The van der Waals surface area contributed by atoms with Crippen molar-refractivity contribution in [2.45, 2.75) is 26.3 Å². The Morgan fingerprint density at radius 1 is 1.43 bits per heavy atom. The summed E-state index contributed by atoms with van der Waals surface area (Å²) in [5, 5.41) is 0. The Labute approximate surface area is 83.6 Å². The first-order valence-corrected chi connectivity index (χ1v) is 5.01. The third-order valence-electron chi connectivity index (χ3n) is 2.40. The van der Waals surface area contributed by atoms with Gasteiger partial charge >= 0.3 is 0 Å². The van der Waals surface area contributed by atoms with Gasteiger partial charge in [-0.15, -0.1) is 0 Å². The van der Waals surface area contributed by atoms with E-state index in [1.165, 1.54) is 12.8 Å². The van der Waals surface area contributed by atoms with Crippen molar-refractivity contribution in [2.24, 2.45) is 0 Å². The molecule has 0 atom stereocenters. The van der Waals surface area contributed by atoms with Crippen LogP contribution in [0.4, 0.5) is 5.69 Å². The maximum atomic E-state index is 5.74. The molecule has 0 radical (unpaired) electrons.